The van der Waals surface area contributed by atoms with Crippen LogP contribution in [0.2, 0.25) is 0 Å². The average molecular weight is 344 g/mol. The zero-order chi connectivity index (χ0) is 18.6. The van der Waals surface area contributed by atoms with Gasteiger partial charge in [-0.25, -0.2) is 14.4 Å². The van der Waals surface area contributed by atoms with Crippen molar-refractivity contribution in [2.24, 2.45) is 0 Å². The highest BCUT2D eigenvalue weighted by molar-refractivity contribution is 5.81. The summed E-state index contributed by atoms with van der Waals surface area (Å²) in [7, 11) is 1.54. The molecule has 0 fully saturated rings. The molecule has 0 spiro atoms. The van der Waals surface area contributed by atoms with Crippen LogP contribution in [-0.4, -0.2) is 64.7 Å². The molecule has 0 bridgehead atoms. The minimum atomic E-state index is -0.489. The first-order valence-corrected chi connectivity index (χ1v) is 6.96. The molecule has 0 aliphatic rings. The van der Waals surface area contributed by atoms with Gasteiger partial charge in [0.15, 0.2) is 0 Å². The Morgan fingerprint density at radius 1 is 0.667 bits per heavy atom. The number of rotatable bonds is 12. The van der Waals surface area contributed by atoms with Gasteiger partial charge in [-0.3, -0.25) is 0 Å². The highest BCUT2D eigenvalue weighted by atomic mass is 16.6. The van der Waals surface area contributed by atoms with Crippen molar-refractivity contribution < 1.29 is 38.1 Å². The molecule has 8 heteroatoms. The standard InChI is InChI=1S/C10H14O5.C6H10O3/c1-3-9(11)14-7-5-13-6-8-15-10(12)4-2;1-3-6(7)9-5-4-8-2/h3-4H,1-2,5-8H2;3H,1,4-5H2,2H3. The molecular formula is C16H24O8. The fourth-order valence-corrected chi connectivity index (χ4v) is 0.907. The SMILES string of the molecule is C=CC(=O)OCCOC.C=CC(=O)OCCOCCOC(=O)C=C. The molecule has 0 heterocycles. The first kappa shape index (κ1) is 23.8. The molecule has 136 valence electrons. The molecule has 0 atom stereocenters. The largest absolute Gasteiger partial charge is 0.460 e. The number of esters is 3. The fraction of sp³-hybridized carbons (Fsp3) is 0.438. The zero-order valence-corrected chi connectivity index (χ0v) is 13.9. The topological polar surface area (TPSA) is 97.4 Å². The Labute approximate surface area is 141 Å². The lowest BCUT2D eigenvalue weighted by Crippen LogP contribution is -2.12. The Balaban J connectivity index is 0. The van der Waals surface area contributed by atoms with E-state index in [-0.39, 0.29) is 26.4 Å². The predicted molar refractivity (Wildman–Crippen MR) is 86.2 cm³/mol. The van der Waals surface area contributed by atoms with Gasteiger partial charge in [-0.2, -0.15) is 0 Å². The van der Waals surface area contributed by atoms with E-state index in [0.717, 1.165) is 18.2 Å². The van der Waals surface area contributed by atoms with Gasteiger partial charge in [0, 0.05) is 25.3 Å². The van der Waals surface area contributed by atoms with Gasteiger partial charge in [-0.1, -0.05) is 19.7 Å². The van der Waals surface area contributed by atoms with Gasteiger partial charge in [0.05, 0.1) is 19.8 Å². The van der Waals surface area contributed by atoms with Crippen LogP contribution < -0.4 is 0 Å². The summed E-state index contributed by atoms with van der Waals surface area (Å²) in [5.74, 6) is -1.39. The van der Waals surface area contributed by atoms with E-state index in [2.05, 4.69) is 38.7 Å². The molecule has 8 nitrogen and oxygen atoms in total. The van der Waals surface area contributed by atoms with Gasteiger partial charge in [0.1, 0.15) is 19.8 Å². The van der Waals surface area contributed by atoms with Crippen molar-refractivity contribution in [3.8, 4) is 0 Å². The second-order valence-corrected chi connectivity index (χ2v) is 3.72. The molecule has 0 saturated carbocycles. The van der Waals surface area contributed by atoms with E-state index in [0.29, 0.717) is 13.2 Å². The predicted octanol–water partition coefficient (Wildman–Crippen LogP) is 0.823. The Morgan fingerprint density at radius 3 is 1.29 bits per heavy atom. The van der Waals surface area contributed by atoms with E-state index >= 15 is 0 Å². The van der Waals surface area contributed by atoms with Crippen LogP contribution in [0.5, 0.6) is 0 Å². The lowest BCUT2D eigenvalue weighted by molar-refractivity contribution is -0.141. The highest BCUT2D eigenvalue weighted by Crippen LogP contribution is 1.84. The Hall–Kier alpha value is -2.45. The first-order chi connectivity index (χ1) is 11.5. The zero-order valence-electron chi connectivity index (χ0n) is 13.9. The number of ether oxygens (including phenoxy) is 5. The van der Waals surface area contributed by atoms with E-state index < -0.39 is 17.9 Å². The molecule has 0 aliphatic carbocycles. The minimum Gasteiger partial charge on any atom is -0.460 e. The van der Waals surface area contributed by atoms with Crippen molar-refractivity contribution in [1.82, 2.24) is 0 Å². The Morgan fingerprint density at radius 2 is 1.00 bits per heavy atom. The van der Waals surface area contributed by atoms with Crippen LogP contribution in [0.4, 0.5) is 0 Å². The second kappa shape index (κ2) is 18.6. The number of carbonyl (C=O) groups is 3. The van der Waals surface area contributed by atoms with Gasteiger partial charge in [0.25, 0.3) is 0 Å². The maximum absolute atomic E-state index is 10.6. The Kier molecular flexibility index (Phi) is 18.5. The van der Waals surface area contributed by atoms with Crippen LogP contribution in [-0.2, 0) is 38.1 Å². The van der Waals surface area contributed by atoms with Crippen molar-refractivity contribution in [3.05, 3.63) is 38.0 Å². The normalized spacial score (nSPS) is 8.88. The highest BCUT2D eigenvalue weighted by Gasteiger charge is 1.97. The van der Waals surface area contributed by atoms with Crippen LogP contribution >= 0.6 is 0 Å². The van der Waals surface area contributed by atoms with Crippen molar-refractivity contribution in [1.29, 1.82) is 0 Å². The van der Waals surface area contributed by atoms with Crippen molar-refractivity contribution in [2.75, 3.05) is 46.8 Å². The molecule has 0 aromatic rings. The monoisotopic (exact) mass is 344 g/mol. The smallest absolute Gasteiger partial charge is 0.330 e. The molecule has 0 N–H and O–H groups in total. The van der Waals surface area contributed by atoms with Gasteiger partial charge in [0.2, 0.25) is 0 Å². The summed E-state index contributed by atoms with van der Waals surface area (Å²) in [4.78, 5) is 31.4. The summed E-state index contributed by atoms with van der Waals surface area (Å²) in [5.41, 5.74) is 0. The fourth-order valence-electron chi connectivity index (χ4n) is 0.907. The number of hydrogen-bond acceptors (Lipinski definition) is 8. The van der Waals surface area contributed by atoms with E-state index in [4.69, 9.17) is 4.74 Å². The molecule has 0 saturated heterocycles. The molecule has 24 heavy (non-hydrogen) atoms. The van der Waals surface area contributed by atoms with E-state index in [1.54, 1.807) is 7.11 Å². The first-order valence-electron chi connectivity index (χ1n) is 6.96. The quantitative estimate of drug-likeness (QED) is 0.222. The number of carbonyl (C=O) groups excluding carboxylic acids is 3. The number of methoxy groups -OCH3 is 1. The third-order valence-corrected chi connectivity index (χ3v) is 1.98. The Bertz CT molecular complexity index is 379. The molecule has 0 aliphatic heterocycles. The third kappa shape index (κ3) is 19.6. The molecule has 0 aromatic carbocycles. The van der Waals surface area contributed by atoms with Crippen LogP contribution in [0, 0.1) is 0 Å². The van der Waals surface area contributed by atoms with Crippen LogP contribution in [0.25, 0.3) is 0 Å². The summed E-state index contributed by atoms with van der Waals surface area (Å²) in [6, 6.07) is 0. The summed E-state index contributed by atoms with van der Waals surface area (Å²) in [6.45, 7) is 11.2. The number of hydrogen-bond donors (Lipinski definition) is 0. The summed E-state index contributed by atoms with van der Waals surface area (Å²) < 4.78 is 23.4. The maximum Gasteiger partial charge on any atom is 0.330 e. The molecule has 0 rings (SSSR count). The van der Waals surface area contributed by atoms with Crippen molar-refractivity contribution >= 4 is 17.9 Å². The van der Waals surface area contributed by atoms with E-state index in [1.165, 1.54) is 0 Å². The summed E-state index contributed by atoms with van der Waals surface area (Å²) >= 11 is 0. The average Bonchev–Trinajstić information content (AvgIpc) is 2.60. The molecule has 0 unspecified atom stereocenters. The van der Waals surface area contributed by atoms with Gasteiger partial charge in [-0.15, -0.1) is 0 Å². The van der Waals surface area contributed by atoms with Gasteiger partial charge < -0.3 is 23.7 Å². The maximum atomic E-state index is 10.6. The van der Waals surface area contributed by atoms with Crippen LogP contribution in [0.15, 0.2) is 38.0 Å². The summed E-state index contributed by atoms with van der Waals surface area (Å²) in [5, 5.41) is 0. The lowest BCUT2D eigenvalue weighted by atomic mass is 10.6. The second-order valence-electron chi connectivity index (χ2n) is 3.72. The van der Waals surface area contributed by atoms with Crippen molar-refractivity contribution in [3.63, 3.8) is 0 Å². The molecule has 0 aromatic heterocycles. The third-order valence-electron chi connectivity index (χ3n) is 1.98. The molecule has 0 amide bonds. The molecular weight excluding hydrogens is 320 g/mol. The molecule has 0 radical (unpaired) electrons. The van der Waals surface area contributed by atoms with E-state index in [1.807, 2.05) is 0 Å². The van der Waals surface area contributed by atoms with Crippen LogP contribution in [0.3, 0.4) is 0 Å². The van der Waals surface area contributed by atoms with Gasteiger partial charge in [-0.05, 0) is 0 Å². The lowest BCUT2D eigenvalue weighted by Gasteiger charge is -2.04. The van der Waals surface area contributed by atoms with Gasteiger partial charge >= 0.3 is 17.9 Å². The summed E-state index contributed by atoms with van der Waals surface area (Å²) in [6.07, 6.45) is 3.27. The van der Waals surface area contributed by atoms with Crippen LogP contribution in [0.1, 0.15) is 0 Å². The minimum absolute atomic E-state index is 0.153. The van der Waals surface area contributed by atoms with Crippen molar-refractivity contribution in [2.45, 2.75) is 0 Å². The van der Waals surface area contributed by atoms with E-state index in [9.17, 15) is 14.4 Å².